The molecule has 2 heteroatoms. The molecule has 1 N–H and O–H groups in total. The van der Waals surface area contributed by atoms with E-state index in [9.17, 15) is 4.79 Å². The minimum atomic E-state index is 0.234. The molecular formula is C15H19NO. The van der Waals surface area contributed by atoms with E-state index >= 15 is 0 Å². The highest BCUT2D eigenvalue weighted by Crippen LogP contribution is 2.21. The fourth-order valence-corrected chi connectivity index (χ4v) is 2.03. The summed E-state index contributed by atoms with van der Waals surface area (Å²) in [6.07, 6.45) is 4.36. The number of allylic oxidation sites excluding steroid dienone is 2. The summed E-state index contributed by atoms with van der Waals surface area (Å²) < 4.78 is 0. The largest absolute Gasteiger partial charge is 0.359 e. The zero-order valence-corrected chi connectivity index (χ0v) is 10.5. The smallest absolute Gasteiger partial charge is 0.157 e. The Hall–Kier alpha value is -1.57. The molecule has 90 valence electrons. The van der Waals surface area contributed by atoms with E-state index < -0.39 is 0 Å². The van der Waals surface area contributed by atoms with Crippen LogP contribution in [0.1, 0.15) is 44.6 Å². The lowest BCUT2D eigenvalue weighted by atomic mass is 10.0. The monoisotopic (exact) mass is 229 g/mol. The van der Waals surface area contributed by atoms with Gasteiger partial charge < -0.3 is 5.32 Å². The van der Waals surface area contributed by atoms with Crippen molar-refractivity contribution in [1.82, 2.24) is 0 Å². The molecule has 1 aromatic carbocycles. The van der Waals surface area contributed by atoms with Gasteiger partial charge in [0, 0.05) is 23.9 Å². The molecule has 17 heavy (non-hydrogen) atoms. The fourth-order valence-electron chi connectivity index (χ4n) is 2.03. The average molecular weight is 229 g/mol. The van der Waals surface area contributed by atoms with Crippen molar-refractivity contribution in [2.24, 2.45) is 0 Å². The molecule has 0 spiro atoms. The van der Waals surface area contributed by atoms with Gasteiger partial charge in [-0.3, -0.25) is 4.79 Å². The Balaban J connectivity index is 2.06. The second-order valence-corrected chi connectivity index (χ2v) is 4.89. The van der Waals surface area contributed by atoms with Crippen LogP contribution in [0.25, 0.3) is 0 Å². The van der Waals surface area contributed by atoms with Crippen LogP contribution < -0.4 is 5.32 Å². The molecule has 0 heterocycles. The first kappa shape index (κ1) is 11.9. The molecule has 1 aromatic rings. The summed E-state index contributed by atoms with van der Waals surface area (Å²) in [5, 5.41) is 3.32. The molecule has 0 radical (unpaired) electrons. The Morgan fingerprint density at radius 2 is 1.82 bits per heavy atom. The quantitative estimate of drug-likeness (QED) is 0.852. The topological polar surface area (TPSA) is 29.1 Å². The van der Waals surface area contributed by atoms with Crippen LogP contribution in [0.4, 0.5) is 5.69 Å². The molecular weight excluding hydrogens is 210 g/mol. The van der Waals surface area contributed by atoms with E-state index in [1.165, 1.54) is 5.56 Å². The van der Waals surface area contributed by atoms with Gasteiger partial charge in [-0.05, 0) is 36.5 Å². The van der Waals surface area contributed by atoms with Gasteiger partial charge in [0.1, 0.15) is 0 Å². The van der Waals surface area contributed by atoms with Crippen molar-refractivity contribution in [3.8, 4) is 0 Å². The van der Waals surface area contributed by atoms with Crippen molar-refractivity contribution in [3.63, 3.8) is 0 Å². The lowest BCUT2D eigenvalue weighted by Crippen LogP contribution is -2.09. The van der Waals surface area contributed by atoms with E-state index in [1.807, 2.05) is 0 Å². The minimum absolute atomic E-state index is 0.234. The van der Waals surface area contributed by atoms with Gasteiger partial charge >= 0.3 is 0 Å². The Morgan fingerprint density at radius 3 is 2.41 bits per heavy atom. The average Bonchev–Trinajstić information content (AvgIpc) is 2.29. The number of hydrogen-bond donors (Lipinski definition) is 1. The molecule has 1 aliphatic carbocycles. The van der Waals surface area contributed by atoms with Crippen molar-refractivity contribution >= 4 is 11.5 Å². The van der Waals surface area contributed by atoms with Crippen LogP contribution >= 0.6 is 0 Å². The number of nitrogens with one attached hydrogen (secondary N) is 1. The van der Waals surface area contributed by atoms with Crippen LogP contribution in [0.2, 0.25) is 0 Å². The second-order valence-electron chi connectivity index (χ2n) is 4.89. The van der Waals surface area contributed by atoms with Gasteiger partial charge in [-0.1, -0.05) is 26.0 Å². The number of carbonyl (C=O) groups is 1. The first-order valence-electron chi connectivity index (χ1n) is 6.25. The maximum Gasteiger partial charge on any atom is 0.157 e. The molecule has 1 aliphatic rings. The molecule has 0 saturated carbocycles. The van der Waals surface area contributed by atoms with E-state index in [-0.39, 0.29) is 5.78 Å². The van der Waals surface area contributed by atoms with Gasteiger partial charge in [0.2, 0.25) is 0 Å². The van der Waals surface area contributed by atoms with E-state index in [4.69, 9.17) is 0 Å². The van der Waals surface area contributed by atoms with Gasteiger partial charge in [-0.25, -0.2) is 0 Å². The third kappa shape index (κ3) is 3.19. The van der Waals surface area contributed by atoms with Gasteiger partial charge in [-0.15, -0.1) is 0 Å². The van der Waals surface area contributed by atoms with Crippen molar-refractivity contribution in [2.45, 2.75) is 39.0 Å². The van der Waals surface area contributed by atoms with Crippen LogP contribution in [-0.2, 0) is 4.79 Å². The van der Waals surface area contributed by atoms with Gasteiger partial charge in [0.25, 0.3) is 0 Å². The van der Waals surface area contributed by atoms with E-state index in [0.717, 1.165) is 24.2 Å². The third-order valence-electron chi connectivity index (χ3n) is 3.09. The van der Waals surface area contributed by atoms with Crippen LogP contribution in [0, 0.1) is 0 Å². The molecule has 0 saturated heterocycles. The minimum Gasteiger partial charge on any atom is -0.359 e. The van der Waals surface area contributed by atoms with Gasteiger partial charge in [0.15, 0.2) is 5.78 Å². The van der Waals surface area contributed by atoms with Crippen molar-refractivity contribution in [3.05, 3.63) is 41.6 Å². The highest BCUT2D eigenvalue weighted by molar-refractivity contribution is 5.91. The summed E-state index contributed by atoms with van der Waals surface area (Å²) >= 11 is 0. The molecule has 0 aliphatic heterocycles. The van der Waals surface area contributed by atoms with Crippen LogP contribution in [0.5, 0.6) is 0 Å². The fraction of sp³-hybridized carbons (Fsp3) is 0.400. The molecule has 0 bridgehead atoms. The number of anilines is 1. The van der Waals surface area contributed by atoms with Crippen LogP contribution in [0.3, 0.4) is 0 Å². The Labute approximate surface area is 103 Å². The molecule has 0 unspecified atom stereocenters. The highest BCUT2D eigenvalue weighted by atomic mass is 16.1. The highest BCUT2D eigenvalue weighted by Gasteiger charge is 2.09. The third-order valence-corrected chi connectivity index (χ3v) is 3.09. The number of carbonyl (C=O) groups excluding carboxylic acids is 1. The Morgan fingerprint density at radius 1 is 1.12 bits per heavy atom. The summed E-state index contributed by atoms with van der Waals surface area (Å²) in [5.74, 6) is 0.789. The molecule has 2 rings (SSSR count). The zero-order chi connectivity index (χ0) is 12.3. The van der Waals surface area contributed by atoms with E-state index in [2.05, 4.69) is 43.4 Å². The summed E-state index contributed by atoms with van der Waals surface area (Å²) in [6.45, 7) is 4.37. The lowest BCUT2D eigenvalue weighted by molar-refractivity contribution is -0.115. The van der Waals surface area contributed by atoms with Crippen molar-refractivity contribution in [1.29, 1.82) is 0 Å². The van der Waals surface area contributed by atoms with Gasteiger partial charge in [0.05, 0.1) is 0 Å². The van der Waals surface area contributed by atoms with Crippen molar-refractivity contribution < 1.29 is 4.79 Å². The predicted octanol–water partition coefficient (Wildman–Crippen LogP) is 3.86. The Kier molecular flexibility index (Phi) is 3.62. The SMILES string of the molecule is CC(C)c1ccc(NC2=CC(=O)CCC2)cc1. The maximum atomic E-state index is 11.3. The summed E-state index contributed by atoms with van der Waals surface area (Å²) in [7, 11) is 0. The molecule has 2 nitrogen and oxygen atoms in total. The molecule has 0 atom stereocenters. The first-order valence-corrected chi connectivity index (χ1v) is 6.25. The summed E-state index contributed by atoms with van der Waals surface area (Å²) in [5.41, 5.74) is 3.44. The lowest BCUT2D eigenvalue weighted by Gasteiger charge is -2.15. The predicted molar refractivity (Wildman–Crippen MR) is 71.1 cm³/mol. The van der Waals surface area contributed by atoms with Gasteiger partial charge in [-0.2, -0.15) is 0 Å². The summed E-state index contributed by atoms with van der Waals surface area (Å²) in [4.78, 5) is 11.3. The molecule has 0 fully saturated rings. The number of benzene rings is 1. The number of hydrogen-bond acceptors (Lipinski definition) is 2. The van der Waals surface area contributed by atoms with Crippen LogP contribution in [-0.4, -0.2) is 5.78 Å². The normalized spacial score (nSPS) is 15.9. The van der Waals surface area contributed by atoms with Crippen molar-refractivity contribution in [2.75, 3.05) is 5.32 Å². The first-order chi connectivity index (χ1) is 8.15. The molecule has 0 aromatic heterocycles. The number of rotatable bonds is 3. The number of ketones is 1. The maximum absolute atomic E-state index is 11.3. The van der Waals surface area contributed by atoms with Crippen LogP contribution in [0.15, 0.2) is 36.0 Å². The second kappa shape index (κ2) is 5.17. The zero-order valence-electron chi connectivity index (χ0n) is 10.5. The summed E-state index contributed by atoms with van der Waals surface area (Å²) in [6, 6.07) is 8.43. The molecule has 0 amide bonds. The Bertz CT molecular complexity index is 429. The van der Waals surface area contributed by atoms with E-state index in [1.54, 1.807) is 6.08 Å². The standard InChI is InChI=1S/C15H19NO/c1-11(2)12-6-8-13(9-7-12)16-14-4-3-5-15(17)10-14/h6-11,16H,3-5H2,1-2H3. The van der Waals surface area contributed by atoms with E-state index in [0.29, 0.717) is 12.3 Å².